The van der Waals surface area contributed by atoms with Gasteiger partial charge in [0.15, 0.2) is 0 Å². The topological polar surface area (TPSA) is 48.1 Å². The van der Waals surface area contributed by atoms with Crippen molar-refractivity contribution in [3.05, 3.63) is 22.3 Å². The van der Waals surface area contributed by atoms with Crippen LogP contribution in [-0.2, 0) is 6.18 Å². The van der Waals surface area contributed by atoms with E-state index < -0.39 is 11.7 Å². The Morgan fingerprint density at radius 3 is 2.67 bits per heavy atom. The third kappa shape index (κ3) is 3.14. The number of hydrogen-bond donors (Lipinski definition) is 1. The van der Waals surface area contributed by atoms with Gasteiger partial charge in [-0.05, 0) is 41.3 Å². The van der Waals surface area contributed by atoms with Gasteiger partial charge < -0.3 is 10.5 Å². The molecule has 7 heteroatoms. The summed E-state index contributed by atoms with van der Waals surface area (Å²) in [5.74, 6) is -0.371. The Labute approximate surface area is 111 Å². The molecule has 1 aliphatic carbocycles. The van der Waals surface area contributed by atoms with Gasteiger partial charge in [-0.1, -0.05) is 0 Å². The lowest BCUT2D eigenvalue weighted by molar-refractivity contribution is -0.139. The first-order chi connectivity index (χ1) is 8.36. The largest absolute Gasteiger partial charge is 0.474 e. The minimum absolute atomic E-state index is 0.000199. The van der Waals surface area contributed by atoms with Gasteiger partial charge in [0.05, 0.1) is 0 Å². The number of pyridine rings is 1. The lowest BCUT2D eigenvalue weighted by Crippen LogP contribution is -2.21. The third-order valence-electron chi connectivity index (χ3n) is 2.83. The molecule has 0 spiro atoms. The highest BCUT2D eigenvalue weighted by Gasteiger charge is 2.37. The predicted octanol–water partition coefficient (Wildman–Crippen LogP) is 3.12. The molecule has 1 aromatic rings. The summed E-state index contributed by atoms with van der Waals surface area (Å²) < 4.78 is 44.0. The molecule has 18 heavy (non-hydrogen) atoms. The molecule has 0 saturated heterocycles. The molecule has 0 radical (unpaired) electrons. The van der Waals surface area contributed by atoms with Gasteiger partial charge in [0.25, 0.3) is 0 Å². The summed E-state index contributed by atoms with van der Waals surface area (Å²) in [4.78, 5) is 3.70. The number of ether oxygens (including phenoxy) is 1. The zero-order chi connectivity index (χ0) is 13.3. The maximum atomic E-state index is 12.8. The van der Waals surface area contributed by atoms with E-state index in [1.54, 1.807) is 0 Å². The van der Waals surface area contributed by atoms with E-state index in [4.69, 9.17) is 10.5 Å². The first kappa shape index (κ1) is 13.6. The Kier molecular flexibility index (Phi) is 3.82. The average Bonchev–Trinajstić information content (AvgIpc) is 2.65. The van der Waals surface area contributed by atoms with E-state index >= 15 is 0 Å². The second kappa shape index (κ2) is 5.05. The van der Waals surface area contributed by atoms with Crippen LogP contribution in [0.3, 0.4) is 0 Å². The lowest BCUT2D eigenvalue weighted by atomic mass is 10.2. The summed E-state index contributed by atoms with van der Waals surface area (Å²) in [6.45, 7) is 0. The number of hydrogen-bond acceptors (Lipinski definition) is 3. The van der Waals surface area contributed by atoms with E-state index in [1.165, 1.54) is 6.20 Å². The molecule has 0 aromatic carbocycles. The van der Waals surface area contributed by atoms with Gasteiger partial charge in [-0.2, -0.15) is 13.2 Å². The maximum absolute atomic E-state index is 12.8. The quantitative estimate of drug-likeness (QED) is 0.909. The zero-order valence-corrected chi connectivity index (χ0v) is 11.0. The average molecular weight is 325 g/mol. The van der Waals surface area contributed by atoms with Crippen molar-refractivity contribution in [3.63, 3.8) is 0 Å². The van der Waals surface area contributed by atoms with Crippen molar-refractivity contribution in [2.45, 2.75) is 37.6 Å². The van der Waals surface area contributed by atoms with Crippen LogP contribution in [0, 0.1) is 0 Å². The van der Waals surface area contributed by atoms with Crippen LogP contribution in [0.2, 0.25) is 0 Å². The number of rotatable bonds is 2. The van der Waals surface area contributed by atoms with Crippen molar-refractivity contribution in [2.24, 2.45) is 5.73 Å². The highest BCUT2D eigenvalue weighted by molar-refractivity contribution is 9.10. The molecule has 3 nitrogen and oxygen atoms in total. The Balaban J connectivity index is 2.22. The van der Waals surface area contributed by atoms with Crippen LogP contribution in [0.5, 0.6) is 5.88 Å². The van der Waals surface area contributed by atoms with Gasteiger partial charge in [-0.25, -0.2) is 4.98 Å². The highest BCUT2D eigenvalue weighted by atomic mass is 79.9. The molecule has 1 fully saturated rings. The van der Waals surface area contributed by atoms with E-state index in [0.29, 0.717) is 12.8 Å². The van der Waals surface area contributed by atoms with Crippen molar-refractivity contribution in [3.8, 4) is 5.88 Å². The fraction of sp³-hybridized carbons (Fsp3) is 0.545. The van der Waals surface area contributed by atoms with Gasteiger partial charge in [-0.3, -0.25) is 0 Å². The zero-order valence-electron chi connectivity index (χ0n) is 9.38. The Hall–Kier alpha value is -0.820. The standard InChI is InChI=1S/C11H12BrF3N2O/c12-6-3-9(11(13,14)15)10(17-5-6)18-8-2-1-7(16)4-8/h3,5,7-8H,1-2,4,16H2. The van der Waals surface area contributed by atoms with E-state index in [0.717, 1.165) is 12.5 Å². The van der Waals surface area contributed by atoms with Crippen molar-refractivity contribution in [1.29, 1.82) is 0 Å². The van der Waals surface area contributed by atoms with Gasteiger partial charge >= 0.3 is 6.18 Å². The number of aromatic nitrogens is 1. The van der Waals surface area contributed by atoms with Crippen molar-refractivity contribution in [1.82, 2.24) is 4.98 Å². The summed E-state index contributed by atoms with van der Waals surface area (Å²) >= 11 is 2.97. The Morgan fingerprint density at radius 2 is 2.11 bits per heavy atom. The van der Waals surface area contributed by atoms with Crippen LogP contribution >= 0.6 is 15.9 Å². The molecule has 1 saturated carbocycles. The Morgan fingerprint density at radius 1 is 1.39 bits per heavy atom. The molecule has 0 amide bonds. The molecule has 0 bridgehead atoms. The minimum atomic E-state index is -4.48. The minimum Gasteiger partial charge on any atom is -0.474 e. The second-order valence-electron chi connectivity index (χ2n) is 4.32. The van der Waals surface area contributed by atoms with E-state index in [-0.39, 0.29) is 22.5 Å². The van der Waals surface area contributed by atoms with E-state index in [2.05, 4.69) is 20.9 Å². The molecule has 2 rings (SSSR count). The van der Waals surface area contributed by atoms with E-state index in [9.17, 15) is 13.2 Å². The molecular weight excluding hydrogens is 313 g/mol. The van der Waals surface area contributed by atoms with Crippen LogP contribution in [-0.4, -0.2) is 17.1 Å². The summed E-state index contributed by atoms with van der Waals surface area (Å²) in [5.41, 5.74) is 4.83. The predicted molar refractivity (Wildman–Crippen MR) is 63.2 cm³/mol. The molecule has 1 aromatic heterocycles. The number of nitrogens with two attached hydrogens (primary N) is 1. The summed E-state index contributed by atoms with van der Waals surface area (Å²) in [7, 11) is 0. The molecule has 2 unspecified atom stereocenters. The Bertz CT molecular complexity index is 439. The molecule has 0 aliphatic heterocycles. The van der Waals surface area contributed by atoms with Gasteiger partial charge in [0, 0.05) is 16.7 Å². The summed E-state index contributed by atoms with van der Waals surface area (Å²) in [5, 5.41) is 0. The van der Waals surface area contributed by atoms with Crippen LogP contribution in [0.25, 0.3) is 0 Å². The van der Waals surface area contributed by atoms with E-state index in [1.807, 2.05) is 0 Å². The van der Waals surface area contributed by atoms with Crippen molar-refractivity contribution in [2.75, 3.05) is 0 Å². The molecular formula is C11H12BrF3N2O. The van der Waals surface area contributed by atoms with Crippen LogP contribution in [0.4, 0.5) is 13.2 Å². The van der Waals surface area contributed by atoms with Gasteiger partial charge in [0.2, 0.25) is 5.88 Å². The third-order valence-corrected chi connectivity index (χ3v) is 3.26. The smallest absolute Gasteiger partial charge is 0.421 e. The lowest BCUT2D eigenvalue weighted by Gasteiger charge is -2.17. The SMILES string of the molecule is NC1CCC(Oc2ncc(Br)cc2C(F)(F)F)C1. The van der Waals surface area contributed by atoms with Crippen LogP contribution in [0.15, 0.2) is 16.7 Å². The van der Waals surface area contributed by atoms with Crippen LogP contribution in [0.1, 0.15) is 24.8 Å². The highest BCUT2D eigenvalue weighted by Crippen LogP contribution is 2.37. The molecule has 2 atom stereocenters. The van der Waals surface area contributed by atoms with Gasteiger partial charge in [0.1, 0.15) is 11.7 Å². The fourth-order valence-electron chi connectivity index (χ4n) is 1.96. The number of nitrogens with zero attached hydrogens (tertiary/aromatic N) is 1. The maximum Gasteiger partial charge on any atom is 0.421 e. The van der Waals surface area contributed by atoms with Crippen molar-refractivity contribution >= 4 is 15.9 Å². The second-order valence-corrected chi connectivity index (χ2v) is 5.23. The summed E-state index contributed by atoms with van der Waals surface area (Å²) in [6.07, 6.45) is -1.48. The number of halogens is 4. The fourth-order valence-corrected chi connectivity index (χ4v) is 2.29. The first-order valence-electron chi connectivity index (χ1n) is 5.51. The van der Waals surface area contributed by atoms with Crippen molar-refractivity contribution < 1.29 is 17.9 Å². The molecule has 1 heterocycles. The normalized spacial score (nSPS) is 24.3. The number of alkyl halides is 3. The molecule has 100 valence electrons. The monoisotopic (exact) mass is 324 g/mol. The summed E-state index contributed by atoms with van der Waals surface area (Å²) in [6, 6.07) is 0.969. The molecule has 2 N–H and O–H groups in total. The molecule has 1 aliphatic rings. The van der Waals surface area contributed by atoms with Gasteiger partial charge in [-0.15, -0.1) is 0 Å². The van der Waals surface area contributed by atoms with Crippen LogP contribution < -0.4 is 10.5 Å². The first-order valence-corrected chi connectivity index (χ1v) is 6.30.